The standard InChI is InChI=1S/C45H59N5O7S/c1-4-5-6-7-8-9-10-12-17-39(35-51)31-44(52)57-29-28-56-27-26-55-25-24-54-23-22-53-21-20-50(34-38-15-13-11-14-16-38)40-18-19-42(36(2)30-40)48-49-45-41(32-46)37(3)43(33-47)58-45/h10-16,18-19,30,35,39H,4-9,17,20-29,31,34H2,1-3H3/b12-10+,49-48+. The molecule has 2 aromatic carbocycles. The van der Waals surface area contributed by atoms with Crippen LogP contribution in [0.2, 0.25) is 0 Å². The Kier molecular flexibility index (Phi) is 24.2. The van der Waals surface area contributed by atoms with Crippen molar-refractivity contribution in [3.8, 4) is 12.1 Å². The van der Waals surface area contributed by atoms with Gasteiger partial charge in [-0.3, -0.25) is 4.79 Å². The number of nitriles is 2. The number of hydrogen-bond acceptors (Lipinski definition) is 13. The first kappa shape index (κ1) is 47.6. The molecule has 1 aromatic heterocycles. The Morgan fingerprint density at radius 1 is 0.828 bits per heavy atom. The molecular formula is C45H59N5O7S. The molecule has 0 amide bonds. The summed E-state index contributed by atoms with van der Waals surface area (Å²) in [6.45, 7) is 10.7. The number of esters is 1. The van der Waals surface area contributed by atoms with E-state index in [0.29, 0.717) is 92.5 Å². The summed E-state index contributed by atoms with van der Waals surface area (Å²) in [6.07, 6.45) is 12.7. The summed E-state index contributed by atoms with van der Waals surface area (Å²) in [7, 11) is 0. The number of thiophene rings is 1. The SMILES string of the molecule is CCCCCCC/C=C/CC(C=O)CC(=O)OCCOCCOCCOCCOCCN(Cc1ccccc1)c1ccc(/N=N/c2sc(C#N)c(C)c2C#N)c(C)c1. The second-order valence-corrected chi connectivity index (χ2v) is 14.7. The first-order valence-electron chi connectivity index (χ1n) is 20.2. The number of nitrogens with zero attached hydrogens (tertiary/aromatic N) is 5. The molecule has 12 nitrogen and oxygen atoms in total. The van der Waals surface area contributed by atoms with Gasteiger partial charge in [-0.1, -0.05) is 75.1 Å². The molecule has 3 aromatic rings. The number of hydrogen-bond donors (Lipinski definition) is 0. The molecule has 312 valence electrons. The van der Waals surface area contributed by atoms with Crippen molar-refractivity contribution in [2.45, 2.75) is 78.7 Å². The van der Waals surface area contributed by atoms with Crippen LogP contribution in [0.15, 0.2) is 70.9 Å². The Hall–Kier alpha value is -4.76. The van der Waals surface area contributed by atoms with Crippen molar-refractivity contribution < 1.29 is 33.3 Å². The van der Waals surface area contributed by atoms with Crippen LogP contribution in [0.25, 0.3) is 0 Å². The molecule has 0 aliphatic heterocycles. The lowest BCUT2D eigenvalue weighted by molar-refractivity contribution is -0.147. The molecule has 58 heavy (non-hydrogen) atoms. The Balaban J connectivity index is 1.26. The lowest BCUT2D eigenvalue weighted by atomic mass is 10.0. The quantitative estimate of drug-likeness (QED) is 0.0202. The summed E-state index contributed by atoms with van der Waals surface area (Å²) in [5.74, 6) is -0.756. The summed E-state index contributed by atoms with van der Waals surface area (Å²) in [6, 6.07) is 20.5. The van der Waals surface area contributed by atoms with Gasteiger partial charge in [0.25, 0.3) is 0 Å². The van der Waals surface area contributed by atoms with Crippen molar-refractivity contribution in [2.24, 2.45) is 16.1 Å². The molecule has 1 unspecified atom stereocenters. The first-order valence-corrected chi connectivity index (χ1v) is 21.0. The minimum Gasteiger partial charge on any atom is -0.463 e. The maximum absolute atomic E-state index is 12.1. The number of aldehydes is 1. The van der Waals surface area contributed by atoms with Crippen LogP contribution in [0.4, 0.5) is 16.4 Å². The van der Waals surface area contributed by atoms with Crippen molar-refractivity contribution >= 4 is 40.0 Å². The molecule has 0 aliphatic carbocycles. The fourth-order valence-electron chi connectivity index (χ4n) is 5.82. The highest BCUT2D eigenvalue weighted by Crippen LogP contribution is 2.36. The van der Waals surface area contributed by atoms with Gasteiger partial charge in [-0.25, -0.2) is 0 Å². The zero-order chi connectivity index (χ0) is 41.6. The van der Waals surface area contributed by atoms with Gasteiger partial charge in [0.15, 0.2) is 5.00 Å². The van der Waals surface area contributed by atoms with E-state index in [1.165, 1.54) is 42.6 Å². The molecule has 0 radical (unpaired) electrons. The van der Waals surface area contributed by atoms with E-state index in [0.717, 1.165) is 30.4 Å². The average Bonchev–Trinajstić information content (AvgIpc) is 3.55. The van der Waals surface area contributed by atoms with Crippen LogP contribution in [-0.2, 0) is 39.8 Å². The third-order valence-corrected chi connectivity index (χ3v) is 10.2. The summed E-state index contributed by atoms with van der Waals surface area (Å²) in [5.41, 5.74) is 4.82. The van der Waals surface area contributed by atoms with E-state index in [-0.39, 0.29) is 25.6 Å². The summed E-state index contributed by atoms with van der Waals surface area (Å²) in [4.78, 5) is 26.2. The van der Waals surface area contributed by atoms with E-state index in [1.54, 1.807) is 6.92 Å². The number of aryl methyl sites for hydroxylation is 1. The number of azo groups is 1. The van der Waals surface area contributed by atoms with Gasteiger partial charge < -0.3 is 33.4 Å². The van der Waals surface area contributed by atoms with Crippen molar-refractivity contribution in [1.82, 2.24) is 0 Å². The second kappa shape index (κ2) is 29.5. The fourth-order valence-corrected chi connectivity index (χ4v) is 6.70. The van der Waals surface area contributed by atoms with Crippen LogP contribution < -0.4 is 4.90 Å². The molecule has 0 saturated heterocycles. The molecule has 0 saturated carbocycles. The number of anilines is 1. The van der Waals surface area contributed by atoms with Crippen LogP contribution in [0.3, 0.4) is 0 Å². The predicted octanol–water partition coefficient (Wildman–Crippen LogP) is 9.65. The summed E-state index contributed by atoms with van der Waals surface area (Å²) < 4.78 is 27.8. The molecule has 0 fully saturated rings. The highest BCUT2D eigenvalue weighted by Gasteiger charge is 2.16. The van der Waals surface area contributed by atoms with Crippen molar-refractivity contribution in [3.63, 3.8) is 0 Å². The molecule has 0 spiro atoms. The summed E-state index contributed by atoms with van der Waals surface area (Å²) >= 11 is 1.17. The number of unbranched alkanes of at least 4 members (excludes halogenated alkanes) is 5. The first-order chi connectivity index (χ1) is 28.4. The number of carbonyl (C=O) groups is 2. The van der Waals surface area contributed by atoms with Gasteiger partial charge in [-0.2, -0.15) is 10.5 Å². The molecule has 1 heterocycles. The number of ether oxygens (including phenoxy) is 5. The van der Waals surface area contributed by atoms with Gasteiger partial charge in [-0.05, 0) is 68.0 Å². The van der Waals surface area contributed by atoms with E-state index < -0.39 is 5.97 Å². The smallest absolute Gasteiger partial charge is 0.306 e. The Morgan fingerprint density at radius 3 is 2.14 bits per heavy atom. The Morgan fingerprint density at radius 2 is 1.50 bits per heavy atom. The highest BCUT2D eigenvalue weighted by atomic mass is 32.1. The minimum atomic E-state index is -0.392. The molecule has 0 N–H and O–H groups in total. The van der Waals surface area contributed by atoms with Crippen molar-refractivity contribution in [1.29, 1.82) is 10.5 Å². The minimum absolute atomic E-state index is 0.0752. The van der Waals surface area contributed by atoms with Crippen molar-refractivity contribution in [3.05, 3.63) is 87.8 Å². The van der Waals surface area contributed by atoms with E-state index in [2.05, 4.69) is 58.5 Å². The zero-order valence-electron chi connectivity index (χ0n) is 34.4. The number of rotatable bonds is 31. The molecular weight excluding hydrogens is 755 g/mol. The monoisotopic (exact) mass is 813 g/mol. The van der Waals surface area contributed by atoms with E-state index >= 15 is 0 Å². The largest absolute Gasteiger partial charge is 0.463 e. The number of allylic oxidation sites excluding steroid dienone is 2. The molecule has 3 rings (SSSR count). The van der Waals surface area contributed by atoms with Crippen LogP contribution in [0, 0.1) is 42.4 Å². The Labute approximate surface area is 348 Å². The van der Waals surface area contributed by atoms with Crippen molar-refractivity contribution in [2.75, 3.05) is 70.9 Å². The maximum Gasteiger partial charge on any atom is 0.306 e. The lowest BCUT2D eigenvalue weighted by Crippen LogP contribution is -2.27. The lowest BCUT2D eigenvalue weighted by Gasteiger charge is -2.25. The van der Waals surface area contributed by atoms with E-state index in [9.17, 15) is 20.1 Å². The van der Waals surface area contributed by atoms with Gasteiger partial charge in [0, 0.05) is 24.7 Å². The van der Waals surface area contributed by atoms with E-state index in [1.807, 2.05) is 43.3 Å². The average molecular weight is 814 g/mol. The van der Waals surface area contributed by atoms with Gasteiger partial charge in [0.1, 0.15) is 29.9 Å². The topological polar surface area (TPSA) is 156 Å². The van der Waals surface area contributed by atoms with Crippen LogP contribution in [0.1, 0.15) is 85.4 Å². The maximum atomic E-state index is 12.1. The van der Waals surface area contributed by atoms with Gasteiger partial charge in [0.05, 0.1) is 70.5 Å². The molecule has 0 aliphatic rings. The number of carbonyl (C=O) groups excluding carboxylic acids is 2. The van der Waals surface area contributed by atoms with Crippen LogP contribution in [0.5, 0.6) is 0 Å². The fraction of sp³-hybridized carbons (Fsp3) is 0.511. The normalized spacial score (nSPS) is 11.8. The zero-order valence-corrected chi connectivity index (χ0v) is 35.2. The van der Waals surface area contributed by atoms with Crippen LogP contribution >= 0.6 is 11.3 Å². The van der Waals surface area contributed by atoms with Gasteiger partial charge in [0.2, 0.25) is 0 Å². The molecule has 0 bridgehead atoms. The Bertz CT molecular complexity index is 1780. The highest BCUT2D eigenvalue weighted by molar-refractivity contribution is 7.16. The third kappa shape index (κ3) is 18.7. The van der Waals surface area contributed by atoms with Gasteiger partial charge >= 0.3 is 5.97 Å². The molecule has 1 atom stereocenters. The second-order valence-electron chi connectivity index (χ2n) is 13.7. The predicted molar refractivity (Wildman–Crippen MR) is 227 cm³/mol. The molecule has 13 heteroatoms. The third-order valence-electron chi connectivity index (χ3n) is 9.17. The number of benzene rings is 2. The van der Waals surface area contributed by atoms with Crippen LogP contribution in [-0.4, -0.2) is 78.3 Å². The van der Waals surface area contributed by atoms with E-state index in [4.69, 9.17) is 23.7 Å². The summed E-state index contributed by atoms with van der Waals surface area (Å²) in [5, 5.41) is 28.0. The van der Waals surface area contributed by atoms with Gasteiger partial charge in [-0.15, -0.1) is 21.6 Å².